The van der Waals surface area contributed by atoms with Gasteiger partial charge in [0.25, 0.3) is 0 Å². The lowest BCUT2D eigenvalue weighted by molar-refractivity contribution is -0.115. The van der Waals surface area contributed by atoms with E-state index in [1.165, 1.54) is 44.1 Å². The summed E-state index contributed by atoms with van der Waals surface area (Å²) < 4.78 is 0. The summed E-state index contributed by atoms with van der Waals surface area (Å²) in [4.78, 5) is 4.39. The van der Waals surface area contributed by atoms with Crippen molar-refractivity contribution in [2.24, 2.45) is 34.5 Å². The normalized spacial score (nSPS) is 47.5. The number of aliphatic hydroxyl groups excluding tert-OH is 1. The van der Waals surface area contributed by atoms with Crippen molar-refractivity contribution in [3.05, 3.63) is 36.2 Å². The van der Waals surface area contributed by atoms with E-state index in [4.69, 9.17) is 0 Å². The minimum atomic E-state index is -0.0381. The fourth-order valence-electron chi connectivity index (χ4n) is 7.77. The first-order valence-corrected chi connectivity index (χ1v) is 10.8. The van der Waals surface area contributed by atoms with Crippen LogP contribution < -0.4 is 0 Å². The second-order valence-electron chi connectivity index (χ2n) is 10.1. The summed E-state index contributed by atoms with van der Waals surface area (Å²) in [6, 6.07) is 4.33. The maximum Gasteiger partial charge on any atom is 0.0543 e. The highest BCUT2D eigenvalue weighted by Gasteiger charge is 2.58. The van der Waals surface area contributed by atoms with Crippen LogP contribution in [0.3, 0.4) is 0 Å². The van der Waals surface area contributed by atoms with Crippen LogP contribution in [0.5, 0.6) is 0 Å². The molecule has 1 heterocycles. The highest BCUT2D eigenvalue weighted by atomic mass is 16.3. The Hall–Kier alpha value is -1.15. The van der Waals surface area contributed by atoms with Gasteiger partial charge in [-0.1, -0.05) is 26.0 Å². The molecule has 0 bridgehead atoms. The van der Waals surface area contributed by atoms with Gasteiger partial charge in [-0.3, -0.25) is 4.98 Å². The molecular weight excluding hydrogens is 318 g/mol. The summed E-state index contributed by atoms with van der Waals surface area (Å²) in [6.07, 6.45) is 16.4. The molecule has 2 heteroatoms. The maximum atomic E-state index is 10.2. The van der Waals surface area contributed by atoms with Crippen molar-refractivity contribution in [1.82, 2.24) is 4.98 Å². The zero-order chi connectivity index (χ0) is 17.9. The van der Waals surface area contributed by atoms with Crippen LogP contribution in [0.2, 0.25) is 0 Å². The Balaban J connectivity index is 1.44. The largest absolute Gasteiger partial charge is 0.393 e. The van der Waals surface area contributed by atoms with Gasteiger partial charge in [0.15, 0.2) is 0 Å². The molecule has 1 unspecified atom stereocenters. The summed E-state index contributed by atoms with van der Waals surface area (Å²) in [6.45, 7) is 5.12. The van der Waals surface area contributed by atoms with E-state index in [9.17, 15) is 5.11 Å². The molecule has 3 fully saturated rings. The van der Waals surface area contributed by atoms with E-state index in [1.54, 1.807) is 5.57 Å². The molecule has 1 N–H and O–H groups in total. The Morgan fingerprint density at radius 1 is 1.08 bits per heavy atom. The fourth-order valence-corrected chi connectivity index (χ4v) is 7.77. The fraction of sp³-hybridized carbons (Fsp3) is 0.708. The third kappa shape index (κ3) is 2.30. The molecule has 1 aromatic heterocycles. The second kappa shape index (κ2) is 5.92. The number of aromatic nitrogens is 1. The van der Waals surface area contributed by atoms with Crippen LogP contribution in [0.15, 0.2) is 30.6 Å². The smallest absolute Gasteiger partial charge is 0.0543 e. The lowest BCUT2D eigenvalue weighted by Gasteiger charge is -2.60. The minimum Gasteiger partial charge on any atom is -0.393 e. The van der Waals surface area contributed by atoms with E-state index < -0.39 is 0 Å². The Morgan fingerprint density at radius 2 is 1.96 bits per heavy atom. The molecule has 26 heavy (non-hydrogen) atoms. The molecule has 1 aromatic rings. The van der Waals surface area contributed by atoms with Gasteiger partial charge in [0, 0.05) is 12.4 Å². The molecule has 0 spiro atoms. The number of pyridine rings is 1. The molecule has 7 atom stereocenters. The topological polar surface area (TPSA) is 33.1 Å². The SMILES string of the molecule is C[C@]12CC[C@H](O)CC1CC[C@@H]1[C@@H]2CC[C@]2(C)C(c3cccnc3)=CC[C@@H]12. The molecule has 0 amide bonds. The Morgan fingerprint density at radius 3 is 2.77 bits per heavy atom. The molecule has 0 radical (unpaired) electrons. The first kappa shape index (κ1) is 17.0. The minimum absolute atomic E-state index is 0.0381. The van der Waals surface area contributed by atoms with Crippen molar-refractivity contribution < 1.29 is 5.11 Å². The maximum absolute atomic E-state index is 10.2. The highest BCUT2D eigenvalue weighted by Crippen LogP contribution is 2.67. The molecular formula is C24H33NO. The molecule has 3 saturated carbocycles. The Bertz CT molecular complexity index is 712. The number of allylic oxidation sites excluding steroid dienone is 2. The lowest BCUT2D eigenvalue weighted by Crippen LogP contribution is -2.53. The average molecular weight is 352 g/mol. The van der Waals surface area contributed by atoms with Crippen LogP contribution in [0.1, 0.15) is 70.8 Å². The highest BCUT2D eigenvalue weighted by molar-refractivity contribution is 5.72. The zero-order valence-electron chi connectivity index (χ0n) is 16.3. The molecule has 140 valence electrons. The van der Waals surface area contributed by atoms with E-state index in [0.717, 1.165) is 36.5 Å². The van der Waals surface area contributed by atoms with Gasteiger partial charge in [-0.25, -0.2) is 0 Å². The number of nitrogens with zero attached hydrogens (tertiary/aromatic N) is 1. The van der Waals surface area contributed by atoms with Crippen LogP contribution >= 0.6 is 0 Å². The molecule has 4 aliphatic carbocycles. The predicted molar refractivity (Wildman–Crippen MR) is 105 cm³/mol. The zero-order valence-corrected chi connectivity index (χ0v) is 16.3. The van der Waals surface area contributed by atoms with Crippen LogP contribution in [0.4, 0.5) is 0 Å². The van der Waals surface area contributed by atoms with E-state index in [-0.39, 0.29) is 6.10 Å². The molecule has 0 saturated heterocycles. The van der Waals surface area contributed by atoms with E-state index in [0.29, 0.717) is 10.8 Å². The van der Waals surface area contributed by atoms with Gasteiger partial charge in [-0.05, 0) is 103 Å². The first-order valence-electron chi connectivity index (χ1n) is 10.8. The number of rotatable bonds is 1. The number of aliphatic hydroxyl groups is 1. The van der Waals surface area contributed by atoms with Gasteiger partial charge in [-0.15, -0.1) is 0 Å². The van der Waals surface area contributed by atoms with Crippen LogP contribution in [-0.2, 0) is 0 Å². The standard InChI is InChI=1S/C24H33NO/c1-23-11-9-18(26)14-17(23)5-6-19-21-8-7-20(16-4-3-13-25-15-16)24(21,2)12-10-22(19)23/h3-4,7,13,15,17-19,21-22,26H,5-6,8-12,14H2,1-2H3/t17?,18-,19-,21-,22-,23-,24+/m0/s1. The van der Waals surface area contributed by atoms with Gasteiger partial charge in [-0.2, -0.15) is 0 Å². The summed E-state index contributed by atoms with van der Waals surface area (Å²) in [7, 11) is 0. The second-order valence-corrected chi connectivity index (χ2v) is 10.1. The van der Waals surface area contributed by atoms with Crippen molar-refractivity contribution in [1.29, 1.82) is 0 Å². The van der Waals surface area contributed by atoms with Crippen molar-refractivity contribution >= 4 is 5.57 Å². The van der Waals surface area contributed by atoms with Crippen molar-refractivity contribution in [3.8, 4) is 0 Å². The van der Waals surface area contributed by atoms with Crippen LogP contribution in [-0.4, -0.2) is 16.2 Å². The molecule has 5 rings (SSSR count). The van der Waals surface area contributed by atoms with Crippen molar-refractivity contribution in [2.75, 3.05) is 0 Å². The van der Waals surface area contributed by atoms with Gasteiger partial charge in [0.05, 0.1) is 6.10 Å². The Kier molecular flexibility index (Phi) is 3.87. The summed E-state index contributed by atoms with van der Waals surface area (Å²) in [5.41, 5.74) is 3.72. The van der Waals surface area contributed by atoms with Gasteiger partial charge in [0.2, 0.25) is 0 Å². The van der Waals surface area contributed by atoms with Crippen LogP contribution in [0.25, 0.3) is 5.57 Å². The quantitative estimate of drug-likeness (QED) is 0.727. The Labute approximate surface area is 158 Å². The summed E-state index contributed by atoms with van der Waals surface area (Å²) in [5, 5.41) is 10.2. The summed E-state index contributed by atoms with van der Waals surface area (Å²) >= 11 is 0. The monoisotopic (exact) mass is 351 g/mol. The predicted octanol–water partition coefficient (Wildman–Crippen LogP) is 5.48. The third-order valence-corrected chi connectivity index (χ3v) is 9.19. The number of fused-ring (bicyclic) bond motifs is 5. The number of hydrogen-bond donors (Lipinski definition) is 1. The van der Waals surface area contributed by atoms with Gasteiger partial charge >= 0.3 is 0 Å². The van der Waals surface area contributed by atoms with Crippen LogP contribution in [0, 0.1) is 34.5 Å². The van der Waals surface area contributed by atoms with E-state index in [1.807, 2.05) is 6.20 Å². The first-order chi connectivity index (χ1) is 12.5. The van der Waals surface area contributed by atoms with Gasteiger partial charge < -0.3 is 5.11 Å². The third-order valence-electron chi connectivity index (χ3n) is 9.19. The van der Waals surface area contributed by atoms with Crippen molar-refractivity contribution in [2.45, 2.75) is 71.3 Å². The number of hydrogen-bond acceptors (Lipinski definition) is 2. The van der Waals surface area contributed by atoms with Crippen molar-refractivity contribution in [3.63, 3.8) is 0 Å². The molecule has 2 nitrogen and oxygen atoms in total. The van der Waals surface area contributed by atoms with E-state index in [2.05, 4.69) is 43.2 Å². The summed E-state index contributed by atoms with van der Waals surface area (Å²) in [5.74, 6) is 3.30. The van der Waals surface area contributed by atoms with E-state index >= 15 is 0 Å². The molecule has 0 aliphatic heterocycles. The lowest BCUT2D eigenvalue weighted by atomic mass is 9.44. The molecule has 4 aliphatic rings. The van der Waals surface area contributed by atoms with Gasteiger partial charge in [0.1, 0.15) is 0 Å². The molecule has 0 aromatic carbocycles. The average Bonchev–Trinajstić information content (AvgIpc) is 3.00.